The van der Waals surface area contributed by atoms with E-state index in [9.17, 15) is 33.4 Å². The van der Waals surface area contributed by atoms with Crippen molar-refractivity contribution in [3.63, 3.8) is 0 Å². The Morgan fingerprint density at radius 3 is 2.16 bits per heavy atom. The Bertz CT molecular complexity index is 1430. The van der Waals surface area contributed by atoms with Crippen LogP contribution in [0.3, 0.4) is 0 Å². The molecule has 0 atom stereocenters. The second kappa shape index (κ2) is 11.4. The summed E-state index contributed by atoms with van der Waals surface area (Å²) in [4.78, 5) is 41.5. The summed E-state index contributed by atoms with van der Waals surface area (Å²) >= 11 is 0. The molecule has 3 N–H and O–H groups in total. The number of rotatable bonds is 11. The third-order valence-corrected chi connectivity index (χ3v) is 7.17. The van der Waals surface area contributed by atoms with Gasteiger partial charge in [0.25, 0.3) is 11.6 Å². The normalized spacial score (nSPS) is 11.1. The molecule has 3 rings (SSSR count). The van der Waals surface area contributed by atoms with Crippen molar-refractivity contribution in [3.05, 3.63) is 80.7 Å². The molecule has 1 aromatic heterocycles. The lowest BCUT2D eigenvalue weighted by Gasteiger charge is -2.18. The number of para-hydroxylation sites is 1. The second-order valence-corrected chi connectivity index (χ2v) is 9.21. The number of hydrazine groups is 1. The fourth-order valence-corrected chi connectivity index (χ4v) is 4.76. The van der Waals surface area contributed by atoms with Crippen molar-refractivity contribution in [2.45, 2.75) is 18.7 Å². The van der Waals surface area contributed by atoms with Crippen LogP contribution in [0, 0.1) is 20.2 Å². The molecule has 0 saturated carbocycles. The summed E-state index contributed by atoms with van der Waals surface area (Å²) < 4.78 is 26.6. The molecule has 194 valence electrons. The molecule has 1 amide bonds. The van der Waals surface area contributed by atoms with Crippen LogP contribution in [0.2, 0.25) is 0 Å². The molecular formula is C21H22N8O7S. The van der Waals surface area contributed by atoms with Gasteiger partial charge in [-0.3, -0.25) is 35.9 Å². The van der Waals surface area contributed by atoms with Crippen LogP contribution >= 0.6 is 0 Å². The van der Waals surface area contributed by atoms with Crippen molar-refractivity contribution in [2.75, 3.05) is 23.8 Å². The van der Waals surface area contributed by atoms with Crippen LogP contribution in [0.4, 0.5) is 28.7 Å². The number of hydrogen-bond donors (Lipinski definition) is 3. The Kier molecular flexibility index (Phi) is 8.26. The van der Waals surface area contributed by atoms with Gasteiger partial charge in [-0.1, -0.05) is 26.0 Å². The first-order chi connectivity index (χ1) is 17.6. The lowest BCUT2D eigenvalue weighted by atomic mass is 10.2. The number of carbonyl (C=O) groups is 1. The van der Waals surface area contributed by atoms with Gasteiger partial charge in [0.1, 0.15) is 11.9 Å². The van der Waals surface area contributed by atoms with Crippen LogP contribution < -0.4 is 16.2 Å². The van der Waals surface area contributed by atoms with Crippen LogP contribution in [0.25, 0.3) is 0 Å². The highest BCUT2D eigenvalue weighted by Crippen LogP contribution is 2.31. The molecule has 0 aliphatic rings. The zero-order chi connectivity index (χ0) is 27.2. The van der Waals surface area contributed by atoms with Crippen LogP contribution in [0.5, 0.6) is 0 Å². The third-order valence-electron chi connectivity index (χ3n) is 5.10. The molecule has 0 aliphatic heterocycles. The lowest BCUT2D eigenvalue weighted by Crippen LogP contribution is -2.31. The van der Waals surface area contributed by atoms with Crippen molar-refractivity contribution >= 4 is 44.6 Å². The molecule has 0 bridgehead atoms. The quantitative estimate of drug-likeness (QED) is 0.243. The maximum atomic E-state index is 12.7. The van der Waals surface area contributed by atoms with E-state index >= 15 is 0 Å². The number of anilines is 3. The summed E-state index contributed by atoms with van der Waals surface area (Å²) in [5.74, 6) is -1.56. The fourth-order valence-electron chi connectivity index (χ4n) is 3.30. The molecular weight excluding hydrogens is 508 g/mol. The lowest BCUT2D eigenvalue weighted by molar-refractivity contribution is -0.385. The van der Waals surface area contributed by atoms with E-state index < -0.39 is 43.0 Å². The molecule has 3 aromatic rings. The van der Waals surface area contributed by atoms with Gasteiger partial charge >= 0.3 is 5.69 Å². The van der Waals surface area contributed by atoms with Crippen molar-refractivity contribution in [1.82, 2.24) is 19.7 Å². The van der Waals surface area contributed by atoms with Crippen molar-refractivity contribution in [1.29, 1.82) is 0 Å². The highest BCUT2D eigenvalue weighted by atomic mass is 32.2. The first kappa shape index (κ1) is 26.9. The minimum atomic E-state index is -3.69. The largest absolute Gasteiger partial charge is 0.355 e. The first-order valence-electron chi connectivity index (χ1n) is 10.8. The predicted octanol–water partition coefficient (Wildman–Crippen LogP) is 2.82. The average Bonchev–Trinajstić information content (AvgIpc) is 2.88. The number of nitrogens with one attached hydrogen (secondary N) is 3. The number of carbonyl (C=O) groups excluding carboxylic acids is 1. The number of nitro benzene ring substituents is 1. The highest BCUT2D eigenvalue weighted by Gasteiger charge is 2.26. The van der Waals surface area contributed by atoms with Crippen LogP contribution in [-0.4, -0.2) is 51.5 Å². The van der Waals surface area contributed by atoms with E-state index in [1.165, 1.54) is 46.8 Å². The predicted molar refractivity (Wildman–Crippen MR) is 133 cm³/mol. The van der Waals surface area contributed by atoms with E-state index in [-0.39, 0.29) is 16.3 Å². The topological polar surface area (TPSA) is 203 Å². The van der Waals surface area contributed by atoms with E-state index in [1.54, 1.807) is 13.8 Å². The van der Waals surface area contributed by atoms with E-state index in [2.05, 4.69) is 26.1 Å². The first-order valence-corrected chi connectivity index (χ1v) is 12.2. The summed E-state index contributed by atoms with van der Waals surface area (Å²) in [7, 11) is -3.69. The third kappa shape index (κ3) is 5.93. The number of amides is 1. The van der Waals surface area contributed by atoms with Crippen molar-refractivity contribution in [2.24, 2.45) is 0 Å². The fraction of sp³-hybridized carbons (Fsp3) is 0.190. The number of hydrogen-bond acceptors (Lipinski definition) is 11. The molecule has 0 fully saturated rings. The number of aromatic nitrogens is 2. The smallest absolute Gasteiger partial charge is 0.334 e. The van der Waals surface area contributed by atoms with Crippen LogP contribution in [0.15, 0.2) is 59.8 Å². The van der Waals surface area contributed by atoms with Gasteiger partial charge in [0.15, 0.2) is 0 Å². The number of nitro groups is 2. The SMILES string of the molecule is CCN(CC)S(=O)(=O)c1ccc(Nc2ncnc(NNC(=O)c3ccccc3[N+](=O)[O-])c2[N+](=O)[O-])cc1. The minimum Gasteiger partial charge on any atom is -0.334 e. The number of benzene rings is 2. The standard InChI is InChI=1S/C21H22N8O7S/c1-3-27(4-2)37(35,36)15-11-9-14(10-12-15)24-19-18(29(33)34)20(23-13-22-19)25-26-21(30)16-7-5-6-8-17(16)28(31)32/h5-13H,3-4H2,1-2H3,(H,26,30)(H2,22,23,24,25). The molecule has 37 heavy (non-hydrogen) atoms. The molecule has 16 heteroatoms. The Balaban J connectivity index is 1.83. The van der Waals surface area contributed by atoms with Gasteiger partial charge in [-0.25, -0.2) is 18.4 Å². The average molecular weight is 531 g/mol. The molecule has 0 radical (unpaired) electrons. The van der Waals surface area contributed by atoms with Gasteiger partial charge in [0.2, 0.25) is 21.7 Å². The van der Waals surface area contributed by atoms with Gasteiger partial charge < -0.3 is 5.32 Å². The summed E-state index contributed by atoms with van der Waals surface area (Å²) in [5, 5.41) is 25.7. The van der Waals surface area contributed by atoms with Crippen LogP contribution in [0.1, 0.15) is 24.2 Å². The molecule has 1 heterocycles. The molecule has 2 aromatic carbocycles. The molecule has 15 nitrogen and oxygen atoms in total. The van der Waals surface area contributed by atoms with Gasteiger partial charge in [0, 0.05) is 24.8 Å². The maximum absolute atomic E-state index is 12.7. The maximum Gasteiger partial charge on any atom is 0.355 e. The van der Waals surface area contributed by atoms with Crippen molar-refractivity contribution in [3.8, 4) is 0 Å². The minimum absolute atomic E-state index is 0.0546. The van der Waals surface area contributed by atoms with E-state index in [1.807, 2.05) is 0 Å². The number of sulfonamides is 1. The van der Waals surface area contributed by atoms with Gasteiger partial charge in [-0.2, -0.15) is 4.31 Å². The zero-order valence-corrected chi connectivity index (χ0v) is 20.4. The summed E-state index contributed by atoms with van der Waals surface area (Å²) in [6.45, 7) is 4.05. The van der Waals surface area contributed by atoms with Crippen LogP contribution in [-0.2, 0) is 10.0 Å². The van der Waals surface area contributed by atoms with Crippen molar-refractivity contribution < 1.29 is 23.1 Å². The molecule has 0 unspecified atom stereocenters. The Morgan fingerprint density at radius 2 is 1.57 bits per heavy atom. The second-order valence-electron chi connectivity index (χ2n) is 7.27. The van der Waals surface area contributed by atoms with Gasteiger partial charge in [-0.15, -0.1) is 0 Å². The Hall–Kier alpha value is -4.70. The monoisotopic (exact) mass is 530 g/mol. The zero-order valence-electron chi connectivity index (χ0n) is 19.6. The summed E-state index contributed by atoms with van der Waals surface area (Å²) in [6.07, 6.45) is 0.994. The summed E-state index contributed by atoms with van der Waals surface area (Å²) in [6, 6.07) is 10.7. The summed E-state index contributed by atoms with van der Waals surface area (Å²) in [5.41, 5.74) is 3.40. The molecule has 0 saturated heterocycles. The van der Waals surface area contributed by atoms with E-state index in [0.717, 1.165) is 12.4 Å². The van der Waals surface area contributed by atoms with E-state index in [0.29, 0.717) is 18.8 Å². The van der Waals surface area contributed by atoms with Gasteiger partial charge in [-0.05, 0) is 30.3 Å². The number of nitrogens with zero attached hydrogens (tertiary/aromatic N) is 5. The Morgan fingerprint density at radius 1 is 0.946 bits per heavy atom. The highest BCUT2D eigenvalue weighted by molar-refractivity contribution is 7.89. The van der Waals surface area contributed by atoms with E-state index in [4.69, 9.17) is 0 Å². The molecule has 0 spiro atoms. The molecule has 0 aliphatic carbocycles. The van der Waals surface area contributed by atoms with Gasteiger partial charge in [0.05, 0.1) is 14.7 Å². The Labute approximate surface area is 210 Å².